The Bertz CT molecular complexity index is 1420. The maximum Gasteiger partial charge on any atom is 0.410 e. The van der Waals surface area contributed by atoms with E-state index >= 15 is 0 Å². The summed E-state index contributed by atoms with van der Waals surface area (Å²) in [5.41, 5.74) is 6.97. The van der Waals surface area contributed by atoms with E-state index in [1.807, 2.05) is 4.90 Å². The number of aliphatic hydroxyl groups is 1. The van der Waals surface area contributed by atoms with Gasteiger partial charge in [0.2, 0.25) is 11.7 Å². The van der Waals surface area contributed by atoms with E-state index in [0.717, 1.165) is 38.5 Å². The molecule has 2 amide bonds. The van der Waals surface area contributed by atoms with Crippen molar-refractivity contribution in [3.63, 3.8) is 0 Å². The Kier molecular flexibility index (Phi) is 8.96. The molecule has 4 heterocycles. The number of hydrogen-bond acceptors (Lipinski definition) is 9. The van der Waals surface area contributed by atoms with Crippen LogP contribution in [0.3, 0.4) is 0 Å². The fourth-order valence-electron chi connectivity index (χ4n) is 6.82. The van der Waals surface area contributed by atoms with Crippen LogP contribution in [-0.2, 0) is 14.3 Å². The van der Waals surface area contributed by atoms with Gasteiger partial charge in [-0.1, -0.05) is 33.1 Å². The van der Waals surface area contributed by atoms with Crippen LogP contribution < -0.4 is 11.1 Å². The van der Waals surface area contributed by atoms with Gasteiger partial charge in [-0.2, -0.15) is 0 Å². The second-order valence-corrected chi connectivity index (χ2v) is 13.5. The molecule has 0 bridgehead atoms. The molecule has 4 N–H and O–H groups in total. The first-order valence-corrected chi connectivity index (χ1v) is 16.2. The largest absolute Gasteiger partial charge is 0.446 e. The molecule has 0 radical (unpaired) electrons. The number of hydrogen-bond donors (Lipinski definition) is 3. The van der Waals surface area contributed by atoms with Gasteiger partial charge in [0.1, 0.15) is 23.8 Å². The molecular formula is C32H45N7O5. The molecule has 12 nitrogen and oxygen atoms in total. The molecule has 2 aromatic rings. The van der Waals surface area contributed by atoms with Crippen LogP contribution in [0.5, 0.6) is 0 Å². The Morgan fingerprint density at radius 2 is 1.93 bits per heavy atom. The monoisotopic (exact) mass is 607 g/mol. The van der Waals surface area contributed by atoms with Crippen molar-refractivity contribution in [2.24, 2.45) is 23.7 Å². The molecule has 6 rings (SSSR count). The maximum atomic E-state index is 13.0. The first-order valence-electron chi connectivity index (χ1n) is 16.2. The topological polar surface area (TPSA) is 158 Å². The number of nitrogens with one attached hydrogen (secondary N) is 1. The predicted octanol–water partition coefficient (Wildman–Crippen LogP) is 3.39. The van der Waals surface area contributed by atoms with Gasteiger partial charge in [0.05, 0.1) is 6.33 Å². The van der Waals surface area contributed by atoms with Crippen LogP contribution in [-0.4, -0.2) is 79.0 Å². The van der Waals surface area contributed by atoms with Crippen LogP contribution in [0.2, 0.25) is 0 Å². The molecule has 12 heteroatoms. The van der Waals surface area contributed by atoms with Gasteiger partial charge in [0, 0.05) is 32.0 Å². The standard InChI is InChI=1S/C32H45N7O5/c1-18(2)22-10-7-19(3)15-24(22)44-32(42)38-13-11-20(12-14-38)5-4-6-26-36-28(33)27-29(37-26)39(17-34-27)31-23(40)16-25(43-31)30(41)35-21-8-9-21/h17-25,31,40H,5,7-16H2,1-3H3,(H,35,41)(H2,33,36,37)/t19?,22?,23?,24?,25-,31+/m0/s1. The van der Waals surface area contributed by atoms with Gasteiger partial charge in [-0.3, -0.25) is 9.36 Å². The van der Waals surface area contributed by atoms with E-state index in [9.17, 15) is 14.7 Å². The lowest BCUT2D eigenvalue weighted by atomic mass is 9.75. The van der Waals surface area contributed by atoms with E-state index in [0.29, 0.717) is 54.3 Å². The number of nitrogens with two attached hydrogens (primary N) is 1. The molecule has 6 atom stereocenters. The SMILES string of the molecule is CC1CCC(C(C)C)C(OC(=O)N2CCC(CC#Cc3nc(N)c4ncn([C@@H]5O[C@H](C(=O)NC6CC6)CC5O)c4n3)CC2)C1. The Hall–Kier alpha value is -3.43. The van der Waals surface area contributed by atoms with Gasteiger partial charge < -0.3 is 30.5 Å². The van der Waals surface area contributed by atoms with Gasteiger partial charge >= 0.3 is 6.09 Å². The minimum Gasteiger partial charge on any atom is -0.446 e. The van der Waals surface area contributed by atoms with Crippen molar-refractivity contribution in [3.05, 3.63) is 12.2 Å². The summed E-state index contributed by atoms with van der Waals surface area (Å²) in [6.07, 6.45) is 6.65. The second-order valence-electron chi connectivity index (χ2n) is 13.5. The van der Waals surface area contributed by atoms with E-state index < -0.39 is 18.4 Å². The number of amides is 2. The summed E-state index contributed by atoms with van der Waals surface area (Å²) >= 11 is 0. The first kappa shape index (κ1) is 30.6. The fourth-order valence-corrected chi connectivity index (χ4v) is 6.82. The summed E-state index contributed by atoms with van der Waals surface area (Å²) in [4.78, 5) is 40.6. The third kappa shape index (κ3) is 6.79. The van der Waals surface area contributed by atoms with Crippen LogP contribution in [0.1, 0.15) is 90.6 Å². The number of rotatable bonds is 6. The average molecular weight is 608 g/mol. The molecule has 4 aliphatic rings. The van der Waals surface area contributed by atoms with Gasteiger partial charge in [-0.05, 0) is 68.1 Å². The zero-order valence-electron chi connectivity index (χ0n) is 25.9. The van der Waals surface area contributed by atoms with E-state index in [1.54, 1.807) is 4.57 Å². The highest BCUT2D eigenvalue weighted by atomic mass is 16.6. The molecule has 2 aliphatic carbocycles. The number of nitrogens with zero attached hydrogens (tertiary/aromatic N) is 5. The molecule has 2 saturated heterocycles. The fraction of sp³-hybridized carbons (Fsp3) is 0.719. The maximum absolute atomic E-state index is 13.0. The van der Waals surface area contributed by atoms with Crippen LogP contribution in [0.25, 0.3) is 11.2 Å². The Labute approximate surface area is 258 Å². The molecule has 238 valence electrons. The van der Waals surface area contributed by atoms with Crippen molar-refractivity contribution in [1.29, 1.82) is 0 Å². The minimum atomic E-state index is -0.904. The Morgan fingerprint density at radius 1 is 1.16 bits per heavy atom. The lowest BCUT2D eigenvalue weighted by Gasteiger charge is -2.38. The number of aromatic nitrogens is 4. The lowest BCUT2D eigenvalue weighted by Crippen LogP contribution is -2.43. The molecule has 0 aromatic carbocycles. The number of anilines is 1. The number of carbonyl (C=O) groups is 2. The van der Waals surface area contributed by atoms with E-state index in [1.165, 1.54) is 12.7 Å². The van der Waals surface area contributed by atoms with Gasteiger partial charge in [0.25, 0.3) is 0 Å². The highest BCUT2D eigenvalue weighted by Gasteiger charge is 2.41. The molecule has 4 unspecified atom stereocenters. The zero-order chi connectivity index (χ0) is 31.0. The van der Waals surface area contributed by atoms with Gasteiger partial charge in [-0.15, -0.1) is 0 Å². The summed E-state index contributed by atoms with van der Waals surface area (Å²) in [5.74, 6) is 8.37. The lowest BCUT2D eigenvalue weighted by molar-refractivity contribution is -0.134. The number of likely N-dealkylation sites (tertiary alicyclic amines) is 1. The smallest absolute Gasteiger partial charge is 0.410 e. The third-order valence-electron chi connectivity index (χ3n) is 9.70. The van der Waals surface area contributed by atoms with Crippen LogP contribution in [0.4, 0.5) is 10.6 Å². The number of carbonyl (C=O) groups excluding carboxylic acids is 2. The quantitative estimate of drug-likeness (QED) is 0.419. The van der Waals surface area contributed by atoms with Crippen molar-refractivity contribution in [3.8, 4) is 11.8 Å². The van der Waals surface area contributed by atoms with E-state index in [-0.39, 0.29) is 42.2 Å². The van der Waals surface area contributed by atoms with Crippen LogP contribution in [0.15, 0.2) is 6.33 Å². The molecule has 4 fully saturated rings. The Balaban J connectivity index is 1.04. The first-order chi connectivity index (χ1) is 21.2. The summed E-state index contributed by atoms with van der Waals surface area (Å²) < 4.78 is 13.6. The van der Waals surface area contributed by atoms with Crippen molar-refractivity contribution >= 4 is 29.0 Å². The number of ether oxygens (including phenoxy) is 2. The van der Waals surface area contributed by atoms with Crippen molar-refractivity contribution in [2.45, 2.75) is 109 Å². The average Bonchev–Trinajstić information content (AvgIpc) is 3.56. The van der Waals surface area contributed by atoms with Crippen LogP contribution >= 0.6 is 0 Å². The number of aliphatic hydroxyl groups excluding tert-OH is 1. The Morgan fingerprint density at radius 3 is 2.66 bits per heavy atom. The third-order valence-corrected chi connectivity index (χ3v) is 9.70. The van der Waals surface area contributed by atoms with Crippen molar-refractivity contribution < 1.29 is 24.2 Å². The molecule has 2 aliphatic heterocycles. The highest BCUT2D eigenvalue weighted by Crippen LogP contribution is 2.36. The highest BCUT2D eigenvalue weighted by molar-refractivity contribution is 5.83. The summed E-state index contributed by atoms with van der Waals surface area (Å²) in [6.45, 7) is 8.02. The number of imidazole rings is 1. The van der Waals surface area contributed by atoms with Crippen LogP contribution in [0, 0.1) is 35.5 Å². The minimum absolute atomic E-state index is 0.00710. The molecule has 44 heavy (non-hydrogen) atoms. The second kappa shape index (κ2) is 12.9. The van der Waals surface area contributed by atoms with Crippen molar-refractivity contribution in [2.75, 3.05) is 18.8 Å². The number of fused-ring (bicyclic) bond motifs is 1. The van der Waals surface area contributed by atoms with E-state index in [4.69, 9.17) is 15.2 Å². The molecule has 2 aromatic heterocycles. The van der Waals surface area contributed by atoms with Crippen molar-refractivity contribution in [1.82, 2.24) is 29.7 Å². The van der Waals surface area contributed by atoms with Gasteiger partial charge in [0.15, 0.2) is 17.7 Å². The molecule has 0 spiro atoms. The normalized spacial score (nSPS) is 29.4. The molecule has 2 saturated carbocycles. The predicted molar refractivity (Wildman–Crippen MR) is 163 cm³/mol. The number of nitrogen functional groups attached to an aromatic ring is 1. The zero-order valence-corrected chi connectivity index (χ0v) is 25.9. The summed E-state index contributed by atoms with van der Waals surface area (Å²) in [7, 11) is 0. The summed E-state index contributed by atoms with van der Waals surface area (Å²) in [5, 5.41) is 13.6. The summed E-state index contributed by atoms with van der Waals surface area (Å²) in [6, 6.07) is 0.210. The number of piperidine rings is 1. The van der Waals surface area contributed by atoms with E-state index in [2.05, 4.69) is 52.9 Å². The van der Waals surface area contributed by atoms with Gasteiger partial charge in [-0.25, -0.2) is 19.7 Å². The molecular weight excluding hydrogens is 562 g/mol.